The van der Waals surface area contributed by atoms with Crippen molar-refractivity contribution in [2.24, 2.45) is 0 Å². The quantitative estimate of drug-likeness (QED) is 0.933. The lowest BCUT2D eigenvalue weighted by molar-refractivity contribution is 0.248. The van der Waals surface area contributed by atoms with Crippen LogP contribution in [0.5, 0.6) is 5.75 Å². The molecule has 0 saturated heterocycles. The molecule has 1 aliphatic rings. The third-order valence-corrected chi connectivity index (χ3v) is 3.76. The number of benzene rings is 1. The maximum Gasteiger partial charge on any atom is 0.150 e. The Balaban J connectivity index is 1.79. The van der Waals surface area contributed by atoms with Gasteiger partial charge >= 0.3 is 0 Å². The maximum atomic E-state index is 6.17. The zero-order valence-electron chi connectivity index (χ0n) is 11.0. The van der Waals surface area contributed by atoms with E-state index in [9.17, 15) is 0 Å². The topological polar surface area (TPSA) is 47.3 Å². The molecule has 0 saturated carbocycles. The Bertz CT molecular complexity index is 628. The van der Waals surface area contributed by atoms with Crippen LogP contribution in [0.15, 0.2) is 22.7 Å². The summed E-state index contributed by atoms with van der Waals surface area (Å²) in [7, 11) is 0. The van der Waals surface area contributed by atoms with Gasteiger partial charge in [-0.1, -0.05) is 28.4 Å². The van der Waals surface area contributed by atoms with E-state index in [1.54, 1.807) is 6.07 Å². The minimum absolute atomic E-state index is 0.139. The van der Waals surface area contributed by atoms with Gasteiger partial charge in [0.25, 0.3) is 0 Å². The summed E-state index contributed by atoms with van der Waals surface area (Å²) < 4.78 is 10.8. The Morgan fingerprint density at radius 3 is 2.95 bits per heavy atom. The highest BCUT2D eigenvalue weighted by Crippen LogP contribution is 2.39. The molecular weight excluding hydrogens is 299 g/mol. The summed E-state index contributed by atoms with van der Waals surface area (Å²) in [5, 5.41) is 8.46. The number of ether oxygens (including phenoxy) is 1. The summed E-state index contributed by atoms with van der Waals surface area (Å²) >= 11 is 12.2. The molecule has 0 radical (unpaired) electrons. The smallest absolute Gasteiger partial charge is 0.150 e. The van der Waals surface area contributed by atoms with Crippen molar-refractivity contribution >= 4 is 23.2 Å². The van der Waals surface area contributed by atoms with Crippen molar-refractivity contribution in [2.75, 3.05) is 6.61 Å². The van der Waals surface area contributed by atoms with Gasteiger partial charge in [0.2, 0.25) is 0 Å². The molecule has 2 aromatic rings. The van der Waals surface area contributed by atoms with Crippen molar-refractivity contribution in [3.63, 3.8) is 0 Å². The fourth-order valence-electron chi connectivity index (χ4n) is 2.36. The zero-order valence-corrected chi connectivity index (χ0v) is 12.5. The van der Waals surface area contributed by atoms with Crippen LogP contribution in [0.25, 0.3) is 0 Å². The number of aromatic nitrogens is 1. The SMILES string of the molecule is Cc1cc(CNC2CCOc3c(Cl)cc(Cl)cc32)on1. The van der Waals surface area contributed by atoms with Crippen LogP contribution in [-0.4, -0.2) is 11.8 Å². The van der Waals surface area contributed by atoms with E-state index in [0.29, 0.717) is 28.9 Å². The third-order valence-electron chi connectivity index (χ3n) is 3.26. The average Bonchev–Trinajstić information content (AvgIpc) is 2.82. The van der Waals surface area contributed by atoms with Gasteiger partial charge in [-0.25, -0.2) is 0 Å². The summed E-state index contributed by atoms with van der Waals surface area (Å²) in [6, 6.07) is 5.65. The number of halogens is 2. The number of nitrogens with zero attached hydrogens (tertiary/aromatic N) is 1. The first-order valence-electron chi connectivity index (χ1n) is 6.41. The second kappa shape index (κ2) is 5.64. The first-order chi connectivity index (χ1) is 9.63. The fraction of sp³-hybridized carbons (Fsp3) is 0.357. The van der Waals surface area contributed by atoms with Gasteiger partial charge in [0.15, 0.2) is 5.76 Å². The second-order valence-electron chi connectivity index (χ2n) is 4.81. The molecule has 6 heteroatoms. The Hall–Kier alpha value is -1.23. The molecule has 1 atom stereocenters. The van der Waals surface area contributed by atoms with Crippen LogP contribution in [0.1, 0.15) is 29.5 Å². The van der Waals surface area contributed by atoms with Gasteiger partial charge in [-0.3, -0.25) is 0 Å². The van der Waals surface area contributed by atoms with Crippen molar-refractivity contribution in [1.29, 1.82) is 0 Å². The lowest BCUT2D eigenvalue weighted by Gasteiger charge is -2.27. The molecule has 0 fully saturated rings. The van der Waals surface area contributed by atoms with Crippen LogP contribution in [-0.2, 0) is 6.54 Å². The minimum atomic E-state index is 0.139. The number of aryl methyl sites for hydroxylation is 1. The number of hydrogen-bond donors (Lipinski definition) is 1. The van der Waals surface area contributed by atoms with Crippen molar-refractivity contribution in [3.05, 3.63) is 45.3 Å². The summed E-state index contributed by atoms with van der Waals surface area (Å²) in [5.74, 6) is 1.53. The summed E-state index contributed by atoms with van der Waals surface area (Å²) in [5.41, 5.74) is 1.87. The number of fused-ring (bicyclic) bond motifs is 1. The molecule has 106 valence electrons. The molecule has 0 bridgehead atoms. The normalized spacial score (nSPS) is 17.6. The molecule has 1 aliphatic heterocycles. The van der Waals surface area contributed by atoms with Gasteiger partial charge in [-0.05, 0) is 19.1 Å². The standard InChI is InChI=1S/C14H14Cl2N2O2/c1-8-4-10(20-18-8)7-17-13-2-3-19-14-11(13)5-9(15)6-12(14)16/h4-6,13,17H,2-3,7H2,1H3. The fourth-order valence-corrected chi connectivity index (χ4v) is 2.92. The molecule has 20 heavy (non-hydrogen) atoms. The van der Waals surface area contributed by atoms with Crippen molar-refractivity contribution in [2.45, 2.75) is 25.9 Å². The molecule has 0 amide bonds. The summed E-state index contributed by atoms with van der Waals surface area (Å²) in [6.07, 6.45) is 0.858. The number of rotatable bonds is 3. The Kier molecular flexibility index (Phi) is 3.87. The van der Waals surface area contributed by atoms with E-state index >= 15 is 0 Å². The van der Waals surface area contributed by atoms with Crippen molar-refractivity contribution in [1.82, 2.24) is 10.5 Å². The zero-order chi connectivity index (χ0) is 14.1. The maximum absolute atomic E-state index is 6.17. The molecule has 4 nitrogen and oxygen atoms in total. The van der Waals surface area contributed by atoms with Gasteiger partial charge in [0.05, 0.1) is 23.9 Å². The lowest BCUT2D eigenvalue weighted by atomic mass is 10.0. The van der Waals surface area contributed by atoms with Crippen LogP contribution >= 0.6 is 23.2 Å². The molecule has 1 aromatic carbocycles. The van der Waals surface area contributed by atoms with E-state index in [0.717, 1.165) is 23.4 Å². The molecule has 2 heterocycles. The van der Waals surface area contributed by atoms with Crippen LogP contribution in [0, 0.1) is 6.92 Å². The molecular formula is C14H14Cl2N2O2. The predicted molar refractivity (Wildman–Crippen MR) is 77.4 cm³/mol. The van der Waals surface area contributed by atoms with Gasteiger partial charge < -0.3 is 14.6 Å². The largest absolute Gasteiger partial charge is 0.492 e. The summed E-state index contributed by atoms with van der Waals surface area (Å²) in [6.45, 7) is 3.13. The molecule has 1 unspecified atom stereocenters. The van der Waals surface area contributed by atoms with Crippen molar-refractivity contribution in [3.8, 4) is 5.75 Å². The van der Waals surface area contributed by atoms with E-state index in [-0.39, 0.29) is 6.04 Å². The number of nitrogens with one attached hydrogen (secondary N) is 1. The van der Waals surface area contributed by atoms with E-state index in [1.807, 2.05) is 19.1 Å². The van der Waals surface area contributed by atoms with Gasteiger partial charge in [0, 0.05) is 29.1 Å². The van der Waals surface area contributed by atoms with Crippen LogP contribution < -0.4 is 10.1 Å². The monoisotopic (exact) mass is 312 g/mol. The van der Waals surface area contributed by atoms with E-state index in [2.05, 4.69) is 10.5 Å². The summed E-state index contributed by atoms with van der Waals surface area (Å²) in [4.78, 5) is 0. The van der Waals surface area contributed by atoms with E-state index in [4.69, 9.17) is 32.5 Å². The first-order valence-corrected chi connectivity index (χ1v) is 7.16. The van der Waals surface area contributed by atoms with Gasteiger partial charge in [0.1, 0.15) is 5.75 Å². The second-order valence-corrected chi connectivity index (χ2v) is 5.65. The highest BCUT2D eigenvalue weighted by Gasteiger charge is 2.24. The Labute approximate surface area is 127 Å². The van der Waals surface area contributed by atoms with Crippen LogP contribution in [0.4, 0.5) is 0 Å². The van der Waals surface area contributed by atoms with Crippen LogP contribution in [0.3, 0.4) is 0 Å². The van der Waals surface area contributed by atoms with Gasteiger partial charge in [-0.2, -0.15) is 0 Å². The van der Waals surface area contributed by atoms with Crippen LogP contribution in [0.2, 0.25) is 10.0 Å². The predicted octanol–water partition coefficient (Wildman–Crippen LogP) is 3.90. The minimum Gasteiger partial charge on any atom is -0.492 e. The molecule has 3 rings (SSSR count). The van der Waals surface area contributed by atoms with E-state index < -0.39 is 0 Å². The Morgan fingerprint density at radius 2 is 2.20 bits per heavy atom. The average molecular weight is 313 g/mol. The van der Waals surface area contributed by atoms with Gasteiger partial charge in [-0.15, -0.1) is 0 Å². The Morgan fingerprint density at radius 1 is 1.35 bits per heavy atom. The third kappa shape index (κ3) is 2.77. The highest BCUT2D eigenvalue weighted by molar-refractivity contribution is 6.35. The molecule has 0 aliphatic carbocycles. The molecule has 1 N–H and O–H groups in total. The molecule has 1 aromatic heterocycles. The lowest BCUT2D eigenvalue weighted by Crippen LogP contribution is -2.26. The first kappa shape index (κ1) is 13.7. The van der Waals surface area contributed by atoms with E-state index in [1.165, 1.54) is 0 Å². The molecule has 0 spiro atoms. The highest BCUT2D eigenvalue weighted by atomic mass is 35.5. The number of hydrogen-bond acceptors (Lipinski definition) is 4. The van der Waals surface area contributed by atoms with Crippen molar-refractivity contribution < 1.29 is 9.26 Å².